The first-order valence-corrected chi connectivity index (χ1v) is 10.7. The van der Waals surface area contributed by atoms with Gasteiger partial charge in [0.2, 0.25) is 0 Å². The number of urea groups is 1. The molecule has 1 fully saturated rings. The number of likely N-dealkylation sites (tertiary alicyclic amines) is 1. The van der Waals surface area contributed by atoms with Crippen molar-refractivity contribution in [2.24, 2.45) is 0 Å². The SMILES string of the molecule is O=C(NCCNC(=O)c1ccccc1Cl)NCC(c1cccs1)N1CCCC1. The van der Waals surface area contributed by atoms with Crippen LogP contribution in [0.1, 0.15) is 34.1 Å². The molecule has 2 heterocycles. The Morgan fingerprint density at radius 3 is 2.50 bits per heavy atom. The summed E-state index contributed by atoms with van der Waals surface area (Å²) in [6.07, 6.45) is 2.42. The lowest BCUT2D eigenvalue weighted by Gasteiger charge is -2.26. The number of amides is 3. The number of benzene rings is 1. The highest BCUT2D eigenvalue weighted by atomic mass is 35.5. The molecule has 1 saturated heterocycles. The van der Waals surface area contributed by atoms with Crippen molar-refractivity contribution < 1.29 is 9.59 Å². The van der Waals surface area contributed by atoms with Gasteiger partial charge in [0.05, 0.1) is 16.6 Å². The Labute approximate surface area is 174 Å². The molecule has 0 saturated carbocycles. The van der Waals surface area contributed by atoms with Crippen LogP contribution in [0.5, 0.6) is 0 Å². The first-order valence-electron chi connectivity index (χ1n) is 9.47. The number of carbonyl (C=O) groups excluding carboxylic acids is 2. The Balaban J connectivity index is 1.39. The monoisotopic (exact) mass is 420 g/mol. The molecular weight excluding hydrogens is 396 g/mol. The van der Waals surface area contributed by atoms with Crippen molar-refractivity contribution in [3.8, 4) is 0 Å². The van der Waals surface area contributed by atoms with Crippen LogP contribution < -0.4 is 16.0 Å². The summed E-state index contributed by atoms with van der Waals surface area (Å²) in [6, 6.07) is 11.0. The molecular formula is C20H25ClN4O2S. The fourth-order valence-electron chi connectivity index (χ4n) is 3.29. The van der Waals surface area contributed by atoms with Crippen molar-refractivity contribution in [1.29, 1.82) is 0 Å². The smallest absolute Gasteiger partial charge is 0.314 e. The molecule has 1 aromatic heterocycles. The zero-order valence-corrected chi connectivity index (χ0v) is 17.2. The molecule has 1 unspecified atom stereocenters. The van der Waals surface area contributed by atoms with E-state index in [2.05, 4.69) is 32.3 Å². The molecule has 1 aliphatic heterocycles. The molecule has 150 valence electrons. The van der Waals surface area contributed by atoms with Gasteiger partial charge in [0.15, 0.2) is 0 Å². The van der Waals surface area contributed by atoms with Gasteiger partial charge in [-0.2, -0.15) is 0 Å². The van der Waals surface area contributed by atoms with Crippen LogP contribution in [0, 0.1) is 0 Å². The average molecular weight is 421 g/mol. The molecule has 8 heteroatoms. The molecule has 6 nitrogen and oxygen atoms in total. The Morgan fingerprint density at radius 2 is 1.79 bits per heavy atom. The van der Waals surface area contributed by atoms with Gasteiger partial charge >= 0.3 is 6.03 Å². The number of hydrogen-bond acceptors (Lipinski definition) is 4. The van der Waals surface area contributed by atoms with Crippen LogP contribution in [0.15, 0.2) is 41.8 Å². The Hall–Kier alpha value is -2.09. The summed E-state index contributed by atoms with van der Waals surface area (Å²) in [5.74, 6) is -0.250. The third-order valence-corrected chi connectivity index (χ3v) is 6.03. The Bertz CT molecular complexity index is 778. The zero-order valence-electron chi connectivity index (χ0n) is 15.6. The highest BCUT2D eigenvalue weighted by molar-refractivity contribution is 7.10. The second-order valence-corrected chi connectivity index (χ2v) is 8.03. The normalized spacial score (nSPS) is 15.2. The molecule has 1 aromatic carbocycles. The van der Waals surface area contributed by atoms with Crippen LogP contribution >= 0.6 is 22.9 Å². The van der Waals surface area contributed by atoms with Crippen LogP contribution in [-0.4, -0.2) is 49.6 Å². The highest BCUT2D eigenvalue weighted by Crippen LogP contribution is 2.27. The summed E-state index contributed by atoms with van der Waals surface area (Å²) in [5, 5.41) is 11.0. The van der Waals surface area contributed by atoms with Crippen LogP contribution in [0.25, 0.3) is 0 Å². The van der Waals surface area contributed by atoms with E-state index < -0.39 is 0 Å². The first-order chi connectivity index (χ1) is 13.6. The number of thiophene rings is 1. The molecule has 3 N–H and O–H groups in total. The second kappa shape index (κ2) is 10.5. The van der Waals surface area contributed by atoms with Crippen molar-refractivity contribution in [2.75, 3.05) is 32.7 Å². The van der Waals surface area contributed by atoms with Crippen LogP contribution in [0.3, 0.4) is 0 Å². The summed E-state index contributed by atoms with van der Waals surface area (Å²) in [6.45, 7) is 3.38. The molecule has 3 rings (SSSR count). The van der Waals surface area contributed by atoms with E-state index in [1.54, 1.807) is 35.6 Å². The quantitative estimate of drug-likeness (QED) is 0.574. The molecule has 1 atom stereocenters. The van der Waals surface area contributed by atoms with E-state index >= 15 is 0 Å². The topological polar surface area (TPSA) is 73.5 Å². The summed E-state index contributed by atoms with van der Waals surface area (Å²) in [4.78, 5) is 27.9. The number of hydrogen-bond donors (Lipinski definition) is 3. The summed E-state index contributed by atoms with van der Waals surface area (Å²) in [7, 11) is 0. The highest BCUT2D eigenvalue weighted by Gasteiger charge is 2.24. The van der Waals surface area contributed by atoms with Gasteiger partial charge in [-0.25, -0.2) is 4.79 Å². The van der Waals surface area contributed by atoms with E-state index in [-0.39, 0.29) is 18.0 Å². The number of nitrogens with zero attached hydrogens (tertiary/aromatic N) is 1. The lowest BCUT2D eigenvalue weighted by Crippen LogP contribution is -2.43. The maximum absolute atomic E-state index is 12.1. The first kappa shape index (κ1) is 20.6. The fourth-order valence-corrected chi connectivity index (χ4v) is 4.37. The van der Waals surface area contributed by atoms with E-state index in [4.69, 9.17) is 11.6 Å². The summed E-state index contributed by atoms with van der Waals surface area (Å²) in [5.41, 5.74) is 0.429. The Kier molecular flexibility index (Phi) is 7.71. The van der Waals surface area contributed by atoms with Gasteiger partial charge in [-0.15, -0.1) is 11.3 Å². The van der Waals surface area contributed by atoms with Gasteiger partial charge in [-0.05, 0) is 49.5 Å². The predicted molar refractivity (Wildman–Crippen MR) is 113 cm³/mol. The zero-order chi connectivity index (χ0) is 19.8. The minimum atomic E-state index is -0.250. The van der Waals surface area contributed by atoms with Crippen molar-refractivity contribution in [1.82, 2.24) is 20.9 Å². The van der Waals surface area contributed by atoms with E-state index in [0.717, 1.165) is 13.1 Å². The largest absolute Gasteiger partial charge is 0.350 e. The molecule has 1 aliphatic rings. The Morgan fingerprint density at radius 1 is 1.04 bits per heavy atom. The minimum Gasteiger partial charge on any atom is -0.350 e. The van der Waals surface area contributed by atoms with Crippen LogP contribution in [0.4, 0.5) is 4.79 Å². The van der Waals surface area contributed by atoms with Gasteiger partial charge in [-0.1, -0.05) is 29.8 Å². The van der Waals surface area contributed by atoms with E-state index in [1.807, 2.05) is 6.07 Å². The van der Waals surface area contributed by atoms with Gasteiger partial charge in [0.1, 0.15) is 0 Å². The van der Waals surface area contributed by atoms with Crippen LogP contribution in [0.2, 0.25) is 5.02 Å². The fraction of sp³-hybridized carbons (Fsp3) is 0.400. The van der Waals surface area contributed by atoms with E-state index in [0.29, 0.717) is 30.2 Å². The number of halogens is 1. The van der Waals surface area contributed by atoms with Crippen LogP contribution in [-0.2, 0) is 0 Å². The number of nitrogens with one attached hydrogen (secondary N) is 3. The lowest BCUT2D eigenvalue weighted by atomic mass is 10.2. The number of carbonyl (C=O) groups is 2. The maximum atomic E-state index is 12.1. The average Bonchev–Trinajstić information content (AvgIpc) is 3.40. The molecule has 2 aromatic rings. The summed E-state index contributed by atoms with van der Waals surface area (Å²) >= 11 is 7.73. The molecule has 0 aliphatic carbocycles. The van der Waals surface area contributed by atoms with Gasteiger partial charge in [-0.3, -0.25) is 9.69 Å². The third-order valence-electron chi connectivity index (χ3n) is 4.72. The van der Waals surface area contributed by atoms with Crippen molar-refractivity contribution in [3.63, 3.8) is 0 Å². The van der Waals surface area contributed by atoms with E-state index in [9.17, 15) is 9.59 Å². The molecule has 3 amide bonds. The molecule has 0 radical (unpaired) electrons. The van der Waals surface area contributed by atoms with Crippen molar-refractivity contribution in [3.05, 3.63) is 57.2 Å². The standard InChI is InChI=1S/C20H25ClN4O2S/c21-16-7-2-1-6-15(16)19(26)22-9-10-23-20(27)24-14-17(18-8-5-13-28-18)25-11-3-4-12-25/h1-2,5-8,13,17H,3-4,9-12,14H2,(H,22,26)(H2,23,24,27). The number of rotatable bonds is 8. The summed E-state index contributed by atoms with van der Waals surface area (Å²) < 4.78 is 0. The van der Waals surface area contributed by atoms with Gasteiger partial charge < -0.3 is 16.0 Å². The van der Waals surface area contributed by atoms with Crippen molar-refractivity contribution in [2.45, 2.75) is 18.9 Å². The maximum Gasteiger partial charge on any atom is 0.314 e. The third kappa shape index (κ3) is 5.70. The van der Waals surface area contributed by atoms with Gasteiger partial charge in [0.25, 0.3) is 5.91 Å². The lowest BCUT2D eigenvalue weighted by molar-refractivity contribution is 0.0954. The van der Waals surface area contributed by atoms with E-state index in [1.165, 1.54) is 17.7 Å². The second-order valence-electron chi connectivity index (χ2n) is 6.65. The van der Waals surface area contributed by atoms with Crippen molar-refractivity contribution >= 4 is 34.9 Å². The molecule has 0 spiro atoms. The minimum absolute atomic E-state index is 0.216. The van der Waals surface area contributed by atoms with Gasteiger partial charge in [0, 0.05) is 24.5 Å². The molecule has 0 bridgehead atoms. The molecule has 28 heavy (non-hydrogen) atoms. The predicted octanol–water partition coefficient (Wildman–Crippen LogP) is 3.27.